The van der Waals surface area contributed by atoms with Crippen LogP contribution in [-0.4, -0.2) is 33.5 Å². The molecule has 0 saturated carbocycles. The minimum absolute atomic E-state index is 0.132. The van der Waals surface area contributed by atoms with E-state index in [0.29, 0.717) is 51.6 Å². The van der Waals surface area contributed by atoms with Crippen molar-refractivity contribution in [1.29, 1.82) is 0 Å². The normalized spacial score (nSPS) is 10.7. The third kappa shape index (κ3) is 10.6. The Labute approximate surface area is 290 Å². The Morgan fingerprint density at radius 3 is 1.18 bits per heavy atom. The first kappa shape index (κ1) is 36.9. The van der Waals surface area contributed by atoms with E-state index in [1.54, 1.807) is 70.9 Å². The van der Waals surface area contributed by atoms with E-state index in [9.17, 15) is 5.11 Å². The topological polar surface area (TPSA) is 103 Å². The maximum absolute atomic E-state index is 10.3. The maximum Gasteiger partial charge on any atom is 0.464 e. The molecule has 5 aromatic rings. The van der Waals surface area contributed by atoms with Crippen LogP contribution in [0.3, 0.4) is 0 Å². The van der Waals surface area contributed by atoms with Crippen LogP contribution in [0.1, 0.15) is 19.4 Å². The monoisotopic (exact) mass is 706 g/mol. The van der Waals surface area contributed by atoms with Gasteiger partial charge in [-0.1, -0.05) is 66.7 Å². The van der Waals surface area contributed by atoms with Crippen LogP contribution in [0, 0.1) is 0 Å². The van der Waals surface area contributed by atoms with Gasteiger partial charge in [-0.05, 0) is 68.4 Å². The molecule has 10 nitrogen and oxygen atoms in total. The number of methoxy groups -OCH3 is 4. The van der Waals surface area contributed by atoms with Crippen molar-refractivity contribution in [3.63, 3.8) is 0 Å². The summed E-state index contributed by atoms with van der Waals surface area (Å²) in [5.41, 5.74) is -0.286. The summed E-state index contributed by atoms with van der Waals surface area (Å²) < 4.78 is 50.7. The van der Waals surface area contributed by atoms with E-state index in [1.807, 2.05) is 92.7 Å². The number of phenolic OH excluding ortho intramolecular Hbond substituents is 1. The van der Waals surface area contributed by atoms with Crippen molar-refractivity contribution < 1.29 is 46.7 Å². The molecule has 0 unspecified atom stereocenters. The summed E-state index contributed by atoms with van der Waals surface area (Å²) in [5, 5.41) is 10.3. The number of rotatable bonds is 15. The summed E-state index contributed by atoms with van der Waals surface area (Å²) in [7, 11) is 4.22. The predicted molar refractivity (Wildman–Crippen MR) is 192 cm³/mol. The Kier molecular flexibility index (Phi) is 14.0. The second-order valence-electron chi connectivity index (χ2n) is 10.4. The fourth-order valence-corrected chi connectivity index (χ4v) is 6.10. The van der Waals surface area contributed by atoms with Crippen molar-refractivity contribution in [2.75, 3.05) is 28.4 Å². The van der Waals surface area contributed by atoms with Crippen LogP contribution in [0.25, 0.3) is 0 Å². The largest absolute Gasteiger partial charge is 0.508 e. The van der Waals surface area contributed by atoms with Crippen molar-refractivity contribution in [3.8, 4) is 51.7 Å². The third-order valence-corrected chi connectivity index (χ3v) is 8.68. The standard InChI is InChI=1S/C23H25O6P.C14H15O4P/c1-23(2,17-11-5-6-12-18(17)24)29-30(27-21-15-9-7-13-19(21)25-3)28-22-16-10-8-14-20(22)26-4;1-15-11-7-3-5-9-13(11)17-19-18-14-10-6-4-8-12(14)16-2/h5-16,24H,1-4H3;3-10,19H,1-2H3. The molecule has 12 heteroatoms. The first-order valence-electron chi connectivity index (χ1n) is 15.0. The van der Waals surface area contributed by atoms with Crippen LogP contribution in [0.2, 0.25) is 0 Å². The number of benzene rings is 5. The lowest BCUT2D eigenvalue weighted by molar-refractivity contribution is 0.0909. The predicted octanol–water partition coefficient (Wildman–Crippen LogP) is 9.72. The molecule has 0 heterocycles. The number of phenols is 1. The van der Waals surface area contributed by atoms with Crippen LogP contribution in [0.4, 0.5) is 0 Å². The zero-order valence-corrected chi connectivity index (χ0v) is 30.0. The van der Waals surface area contributed by atoms with E-state index < -0.39 is 14.2 Å². The SMILES string of the molecule is COc1ccccc1OP(Oc1ccccc1OC)OC(C)(C)c1ccccc1O.COc1ccccc1OPOc1ccccc1OC. The highest BCUT2D eigenvalue weighted by Gasteiger charge is 2.33. The van der Waals surface area contributed by atoms with E-state index in [1.165, 1.54) is 0 Å². The minimum Gasteiger partial charge on any atom is -0.508 e. The molecule has 0 atom stereocenters. The van der Waals surface area contributed by atoms with E-state index in [4.69, 9.17) is 41.6 Å². The summed E-state index contributed by atoms with van der Waals surface area (Å²) in [6.07, 6.45) is 0. The molecule has 0 radical (unpaired) electrons. The Morgan fingerprint density at radius 1 is 0.469 bits per heavy atom. The van der Waals surface area contributed by atoms with Crippen molar-refractivity contribution in [2.24, 2.45) is 0 Å². The maximum atomic E-state index is 10.3. The second-order valence-corrected chi connectivity index (χ2v) is 12.0. The molecule has 0 fully saturated rings. The van der Waals surface area contributed by atoms with Crippen molar-refractivity contribution in [2.45, 2.75) is 19.4 Å². The molecule has 0 amide bonds. The lowest BCUT2D eigenvalue weighted by Crippen LogP contribution is -2.21. The van der Waals surface area contributed by atoms with Crippen LogP contribution >= 0.6 is 17.6 Å². The molecule has 0 aliphatic carbocycles. The van der Waals surface area contributed by atoms with Gasteiger partial charge in [-0.25, -0.2) is 0 Å². The molecule has 0 spiro atoms. The highest BCUT2D eigenvalue weighted by Crippen LogP contribution is 2.51. The molecule has 258 valence electrons. The lowest BCUT2D eigenvalue weighted by Gasteiger charge is -2.30. The third-order valence-electron chi connectivity index (χ3n) is 6.78. The number of ether oxygens (including phenoxy) is 4. The van der Waals surface area contributed by atoms with Gasteiger partial charge in [0.25, 0.3) is 9.03 Å². The summed E-state index contributed by atoms with van der Waals surface area (Å²) in [5.74, 6) is 4.86. The average molecular weight is 707 g/mol. The Morgan fingerprint density at radius 2 is 0.796 bits per heavy atom. The van der Waals surface area contributed by atoms with Gasteiger partial charge in [0.2, 0.25) is 0 Å². The second kappa shape index (κ2) is 18.6. The van der Waals surface area contributed by atoms with Gasteiger partial charge in [0, 0.05) is 5.56 Å². The zero-order chi connectivity index (χ0) is 35.1. The van der Waals surface area contributed by atoms with Gasteiger partial charge >= 0.3 is 8.60 Å². The van der Waals surface area contributed by atoms with Gasteiger partial charge in [0.1, 0.15) is 11.4 Å². The highest BCUT2D eigenvalue weighted by atomic mass is 31.2. The lowest BCUT2D eigenvalue weighted by atomic mass is 9.98. The molecule has 0 bridgehead atoms. The van der Waals surface area contributed by atoms with E-state index >= 15 is 0 Å². The molecule has 5 aromatic carbocycles. The smallest absolute Gasteiger partial charge is 0.464 e. The molecule has 0 saturated heterocycles. The van der Waals surface area contributed by atoms with Gasteiger partial charge in [0.15, 0.2) is 46.0 Å². The molecule has 49 heavy (non-hydrogen) atoms. The van der Waals surface area contributed by atoms with Crippen LogP contribution < -0.4 is 37.0 Å². The van der Waals surface area contributed by atoms with E-state index in [2.05, 4.69) is 0 Å². The Bertz CT molecular complexity index is 1650. The van der Waals surface area contributed by atoms with Gasteiger partial charge in [-0.3, -0.25) is 4.52 Å². The fourth-order valence-electron chi connectivity index (χ4n) is 4.34. The van der Waals surface area contributed by atoms with Crippen molar-refractivity contribution >= 4 is 17.6 Å². The Balaban J connectivity index is 0.000000244. The van der Waals surface area contributed by atoms with E-state index in [-0.39, 0.29) is 14.8 Å². The van der Waals surface area contributed by atoms with Gasteiger partial charge in [-0.2, -0.15) is 0 Å². The quantitative estimate of drug-likeness (QED) is 0.106. The summed E-state index contributed by atoms with van der Waals surface area (Å²) in [6.45, 7) is 3.68. The van der Waals surface area contributed by atoms with Gasteiger partial charge < -0.3 is 42.1 Å². The van der Waals surface area contributed by atoms with Crippen LogP contribution in [0.5, 0.6) is 51.7 Å². The van der Waals surface area contributed by atoms with Crippen LogP contribution in [-0.2, 0) is 10.1 Å². The molecular weight excluding hydrogens is 666 g/mol. The molecule has 1 N–H and O–H groups in total. The van der Waals surface area contributed by atoms with Crippen LogP contribution in [0.15, 0.2) is 121 Å². The Hall–Kier alpha value is -4.88. The first-order chi connectivity index (χ1) is 23.8. The molecule has 0 aliphatic rings. The highest BCUT2D eigenvalue weighted by molar-refractivity contribution is 7.42. The van der Waals surface area contributed by atoms with Crippen molar-refractivity contribution in [1.82, 2.24) is 0 Å². The summed E-state index contributed by atoms with van der Waals surface area (Å²) in [4.78, 5) is 0. The number of aromatic hydroxyl groups is 1. The molecule has 0 aromatic heterocycles. The summed E-state index contributed by atoms with van der Waals surface area (Å²) in [6, 6.07) is 36.4. The fraction of sp³-hybridized carbons (Fsp3) is 0.189. The van der Waals surface area contributed by atoms with Crippen molar-refractivity contribution in [3.05, 3.63) is 127 Å². The van der Waals surface area contributed by atoms with Gasteiger partial charge in [-0.15, -0.1) is 0 Å². The minimum atomic E-state index is -1.95. The number of hydrogen-bond donors (Lipinski definition) is 1. The molecule has 0 aliphatic heterocycles. The zero-order valence-electron chi connectivity index (χ0n) is 28.1. The number of para-hydroxylation sites is 9. The molecule has 5 rings (SSSR count). The number of hydrogen-bond acceptors (Lipinski definition) is 10. The average Bonchev–Trinajstić information content (AvgIpc) is 3.12. The van der Waals surface area contributed by atoms with Gasteiger partial charge in [0.05, 0.1) is 28.4 Å². The van der Waals surface area contributed by atoms with E-state index in [0.717, 1.165) is 0 Å². The first-order valence-corrected chi connectivity index (χ1v) is 16.9. The molecular formula is C37H40O10P2. The summed E-state index contributed by atoms with van der Waals surface area (Å²) >= 11 is 0.